The van der Waals surface area contributed by atoms with Gasteiger partial charge in [-0.05, 0) is 24.1 Å². The monoisotopic (exact) mass is 329 g/mol. The number of carboxylic acids is 1. The summed E-state index contributed by atoms with van der Waals surface area (Å²) in [5.74, 6) is -1.93. The Morgan fingerprint density at radius 1 is 1.08 bits per heavy atom. The fraction of sp³-hybridized carbons (Fsp3) is 0.222. The van der Waals surface area contributed by atoms with Crippen LogP contribution >= 0.6 is 0 Å². The minimum Gasteiger partial charge on any atom is -0.480 e. The quantitative estimate of drug-likeness (QED) is 0.757. The Morgan fingerprint density at radius 3 is 2.29 bits per heavy atom. The normalized spacial score (nSPS) is 12.0. The summed E-state index contributed by atoms with van der Waals surface area (Å²) in [5, 5.41) is 19.3. The van der Waals surface area contributed by atoms with E-state index in [0.717, 1.165) is 10.6 Å². The summed E-state index contributed by atoms with van der Waals surface area (Å²) in [6.07, 6.45) is 0. The first-order chi connectivity index (χ1) is 11.6. The molecule has 0 aromatic heterocycles. The van der Waals surface area contributed by atoms with Crippen molar-refractivity contribution in [3.63, 3.8) is 0 Å². The van der Waals surface area contributed by atoms with Crippen molar-refractivity contribution in [2.45, 2.75) is 13.0 Å². The number of aliphatic hydroxyl groups excluding tert-OH is 1. The molecule has 0 amide bonds. The van der Waals surface area contributed by atoms with Crippen LogP contribution in [0, 0.1) is 0 Å². The average Bonchev–Trinajstić information content (AvgIpc) is 2.61. The molecule has 6 heteroatoms. The predicted molar refractivity (Wildman–Crippen MR) is 88.2 cm³/mol. The molecule has 2 rings (SSSR count). The molecule has 0 aliphatic heterocycles. The van der Waals surface area contributed by atoms with E-state index in [4.69, 9.17) is 9.94 Å². The van der Waals surface area contributed by atoms with Crippen LogP contribution in [0.15, 0.2) is 54.6 Å². The summed E-state index contributed by atoms with van der Waals surface area (Å²) in [5.41, 5.74) is 1.87. The van der Waals surface area contributed by atoms with Crippen LogP contribution in [0.3, 0.4) is 0 Å². The zero-order chi connectivity index (χ0) is 17.5. The van der Waals surface area contributed by atoms with Gasteiger partial charge in [0.15, 0.2) is 6.04 Å². The lowest BCUT2D eigenvalue weighted by Gasteiger charge is -2.24. The maximum absolute atomic E-state index is 12.5. The summed E-state index contributed by atoms with van der Waals surface area (Å²) >= 11 is 0. The van der Waals surface area contributed by atoms with Gasteiger partial charge in [-0.25, -0.2) is 4.79 Å². The molecule has 0 spiro atoms. The highest BCUT2D eigenvalue weighted by molar-refractivity contribution is 5.97. The van der Waals surface area contributed by atoms with Gasteiger partial charge in [0.25, 0.3) is 0 Å². The molecule has 0 saturated carbocycles. The molecular formula is C18H19NO5. The summed E-state index contributed by atoms with van der Waals surface area (Å²) in [6, 6.07) is 15.0. The Bertz CT molecular complexity index is 702. The highest BCUT2D eigenvalue weighted by Gasteiger charge is 2.28. The van der Waals surface area contributed by atoms with Crippen molar-refractivity contribution in [3.05, 3.63) is 60.2 Å². The molecule has 0 saturated heterocycles. The molecule has 126 valence electrons. The Kier molecular flexibility index (Phi) is 6.06. The molecular weight excluding hydrogens is 310 g/mol. The molecule has 0 heterocycles. The molecule has 2 aromatic rings. The van der Waals surface area contributed by atoms with Crippen LogP contribution in [0.5, 0.6) is 0 Å². The molecule has 0 bridgehead atoms. The number of aliphatic hydroxyl groups is 1. The van der Waals surface area contributed by atoms with Crippen molar-refractivity contribution in [1.29, 1.82) is 0 Å². The van der Waals surface area contributed by atoms with Crippen molar-refractivity contribution in [2.24, 2.45) is 0 Å². The van der Waals surface area contributed by atoms with Crippen LogP contribution in [-0.4, -0.2) is 46.4 Å². The Morgan fingerprint density at radius 2 is 1.71 bits per heavy atom. The topological polar surface area (TPSA) is 87.1 Å². The first-order valence-corrected chi connectivity index (χ1v) is 7.55. The number of benzene rings is 2. The zero-order valence-electron chi connectivity index (χ0n) is 13.3. The number of carbonyl (C=O) groups is 2. The molecule has 1 atom stereocenters. The third kappa shape index (κ3) is 3.98. The summed E-state index contributed by atoms with van der Waals surface area (Å²) in [7, 11) is 0. The third-order valence-electron chi connectivity index (χ3n) is 3.55. The van der Waals surface area contributed by atoms with E-state index in [9.17, 15) is 14.7 Å². The van der Waals surface area contributed by atoms with E-state index >= 15 is 0 Å². The van der Waals surface area contributed by atoms with Crippen molar-refractivity contribution in [3.8, 4) is 11.1 Å². The fourth-order valence-corrected chi connectivity index (χ4v) is 2.33. The van der Waals surface area contributed by atoms with Crippen molar-refractivity contribution in [1.82, 2.24) is 5.06 Å². The number of aliphatic carboxylic acids is 1. The SMILES string of the molecule is CCN(OC(=O)c1ccccc1-c1ccccc1)[C@@H](CO)C(=O)O. The van der Waals surface area contributed by atoms with Gasteiger partial charge in [0.1, 0.15) is 0 Å². The Labute approximate surface area is 139 Å². The van der Waals surface area contributed by atoms with Crippen LogP contribution < -0.4 is 0 Å². The summed E-state index contributed by atoms with van der Waals surface area (Å²) in [4.78, 5) is 28.9. The number of hydroxylamine groups is 2. The second kappa shape index (κ2) is 8.24. The van der Waals surface area contributed by atoms with Crippen LogP contribution in [0.2, 0.25) is 0 Å². The summed E-state index contributed by atoms with van der Waals surface area (Å²) in [6.45, 7) is 1.12. The summed E-state index contributed by atoms with van der Waals surface area (Å²) < 4.78 is 0. The molecule has 0 unspecified atom stereocenters. The maximum atomic E-state index is 12.5. The minimum atomic E-state index is -1.30. The molecule has 0 radical (unpaired) electrons. The van der Waals surface area contributed by atoms with Crippen LogP contribution in [0.4, 0.5) is 0 Å². The molecule has 2 N–H and O–H groups in total. The van der Waals surface area contributed by atoms with E-state index in [-0.39, 0.29) is 6.54 Å². The number of hydrogen-bond donors (Lipinski definition) is 2. The molecule has 0 aliphatic rings. The second-order valence-electron chi connectivity index (χ2n) is 5.06. The van der Waals surface area contributed by atoms with Gasteiger partial charge >= 0.3 is 11.9 Å². The zero-order valence-corrected chi connectivity index (χ0v) is 13.3. The number of nitrogens with zero attached hydrogens (tertiary/aromatic N) is 1. The lowest BCUT2D eigenvalue weighted by atomic mass is 10.00. The molecule has 0 aliphatic carbocycles. The van der Waals surface area contributed by atoms with Gasteiger partial charge in [-0.15, -0.1) is 5.06 Å². The minimum absolute atomic E-state index is 0.136. The molecule has 6 nitrogen and oxygen atoms in total. The van der Waals surface area contributed by atoms with Gasteiger partial charge in [-0.3, -0.25) is 4.79 Å². The Hall–Kier alpha value is -2.70. The smallest absolute Gasteiger partial charge is 0.357 e. The first-order valence-electron chi connectivity index (χ1n) is 7.55. The highest BCUT2D eigenvalue weighted by Crippen LogP contribution is 2.24. The van der Waals surface area contributed by atoms with E-state index in [1.54, 1.807) is 25.1 Å². The second-order valence-corrected chi connectivity index (χ2v) is 5.06. The lowest BCUT2D eigenvalue weighted by molar-refractivity contribution is -0.175. The van der Waals surface area contributed by atoms with E-state index < -0.39 is 24.6 Å². The van der Waals surface area contributed by atoms with E-state index in [2.05, 4.69) is 0 Å². The van der Waals surface area contributed by atoms with Gasteiger partial charge in [-0.1, -0.05) is 48.5 Å². The first kappa shape index (κ1) is 17.7. The standard InChI is InChI=1S/C18H19NO5/c1-2-19(16(12-20)17(21)22)24-18(23)15-11-7-6-10-14(15)13-8-4-3-5-9-13/h3-11,16,20H,2,12H2,1H3,(H,21,22)/t16-/m0/s1. The molecule has 0 fully saturated rings. The van der Waals surface area contributed by atoms with Gasteiger partial charge in [0, 0.05) is 6.54 Å². The van der Waals surface area contributed by atoms with E-state index in [1.165, 1.54) is 0 Å². The van der Waals surface area contributed by atoms with Gasteiger partial charge in [0.05, 0.1) is 12.2 Å². The van der Waals surface area contributed by atoms with Gasteiger partial charge < -0.3 is 15.1 Å². The van der Waals surface area contributed by atoms with Gasteiger partial charge in [0.2, 0.25) is 0 Å². The van der Waals surface area contributed by atoms with Crippen LogP contribution in [-0.2, 0) is 9.63 Å². The fourth-order valence-electron chi connectivity index (χ4n) is 2.33. The number of rotatable bonds is 7. The van der Waals surface area contributed by atoms with Crippen molar-refractivity contribution in [2.75, 3.05) is 13.2 Å². The highest BCUT2D eigenvalue weighted by atomic mass is 16.7. The van der Waals surface area contributed by atoms with Gasteiger partial charge in [-0.2, -0.15) is 0 Å². The number of likely N-dealkylation sites (N-methyl/N-ethyl adjacent to an activating group) is 1. The lowest BCUT2D eigenvalue weighted by Crippen LogP contribution is -2.44. The molecule has 24 heavy (non-hydrogen) atoms. The number of carboxylic acid groups (broad SMARTS) is 1. The number of hydrogen-bond acceptors (Lipinski definition) is 5. The van der Waals surface area contributed by atoms with Crippen LogP contribution in [0.25, 0.3) is 11.1 Å². The van der Waals surface area contributed by atoms with E-state index in [1.807, 2.05) is 36.4 Å². The predicted octanol–water partition coefficient (Wildman–Crippen LogP) is 2.19. The van der Waals surface area contributed by atoms with Crippen molar-refractivity contribution >= 4 is 11.9 Å². The van der Waals surface area contributed by atoms with Crippen LogP contribution in [0.1, 0.15) is 17.3 Å². The largest absolute Gasteiger partial charge is 0.480 e. The number of carbonyl (C=O) groups excluding carboxylic acids is 1. The average molecular weight is 329 g/mol. The Balaban J connectivity index is 2.29. The third-order valence-corrected chi connectivity index (χ3v) is 3.55. The van der Waals surface area contributed by atoms with Crippen molar-refractivity contribution < 1.29 is 24.6 Å². The maximum Gasteiger partial charge on any atom is 0.357 e. The van der Waals surface area contributed by atoms with E-state index in [0.29, 0.717) is 11.1 Å². The molecule has 2 aromatic carbocycles.